The molecule has 4 rings (SSSR count). The molecule has 0 saturated carbocycles. The Labute approximate surface area is 171 Å². The van der Waals surface area contributed by atoms with Crippen LogP contribution in [0.1, 0.15) is 31.9 Å². The van der Waals surface area contributed by atoms with Crippen molar-refractivity contribution < 1.29 is 4.74 Å². The van der Waals surface area contributed by atoms with Gasteiger partial charge in [-0.05, 0) is 55.6 Å². The lowest BCUT2D eigenvalue weighted by Gasteiger charge is -2.14. The normalized spacial score (nSPS) is 16.1. The predicted octanol–water partition coefficient (Wildman–Crippen LogP) is 3.87. The molecule has 1 aromatic carbocycles. The Morgan fingerprint density at radius 1 is 1.21 bits per heavy atom. The van der Waals surface area contributed by atoms with Gasteiger partial charge in [-0.15, -0.1) is 12.4 Å². The average molecular weight is 400 g/mol. The van der Waals surface area contributed by atoms with Crippen LogP contribution in [0, 0.1) is 0 Å². The van der Waals surface area contributed by atoms with Crippen LogP contribution in [0.5, 0.6) is 5.75 Å². The van der Waals surface area contributed by atoms with Gasteiger partial charge in [-0.3, -0.25) is 9.20 Å². The smallest absolute Gasteiger partial charge is 0.265 e. The van der Waals surface area contributed by atoms with Crippen molar-refractivity contribution in [2.75, 3.05) is 13.1 Å². The molecule has 0 aliphatic carbocycles. The molecule has 5 nitrogen and oxygen atoms in total. The van der Waals surface area contributed by atoms with Crippen molar-refractivity contribution >= 4 is 18.1 Å². The van der Waals surface area contributed by atoms with Crippen molar-refractivity contribution in [2.24, 2.45) is 0 Å². The Hall–Kier alpha value is -2.37. The third-order valence-corrected chi connectivity index (χ3v) is 5.04. The highest BCUT2D eigenvalue weighted by atomic mass is 35.5. The van der Waals surface area contributed by atoms with Crippen molar-refractivity contribution in [3.8, 4) is 16.9 Å². The van der Waals surface area contributed by atoms with Crippen LogP contribution in [0.4, 0.5) is 0 Å². The van der Waals surface area contributed by atoms with E-state index in [-0.39, 0.29) is 24.1 Å². The lowest BCUT2D eigenvalue weighted by atomic mass is 10.0. The Bertz CT molecular complexity index is 979. The van der Waals surface area contributed by atoms with Crippen molar-refractivity contribution in [2.45, 2.75) is 38.7 Å². The maximum Gasteiger partial charge on any atom is 0.265 e. The maximum atomic E-state index is 13.2. The fraction of sp³-hybridized carbons (Fsp3) is 0.364. The van der Waals surface area contributed by atoms with E-state index >= 15 is 0 Å². The van der Waals surface area contributed by atoms with Gasteiger partial charge in [-0.2, -0.15) is 0 Å². The maximum absolute atomic E-state index is 13.2. The molecule has 1 atom stereocenters. The molecule has 3 heterocycles. The third kappa shape index (κ3) is 4.21. The number of halogens is 1. The van der Waals surface area contributed by atoms with Gasteiger partial charge in [0.05, 0.1) is 11.3 Å². The minimum atomic E-state index is -0.0136. The molecule has 0 radical (unpaired) electrons. The number of fused-ring (bicyclic) bond motifs is 1. The first-order chi connectivity index (χ1) is 13.3. The number of unbranched alkanes of at least 4 members (excludes halogenated alkanes) is 1. The number of hydrogen-bond donors (Lipinski definition) is 1. The number of ether oxygens (including phenoxy) is 1. The monoisotopic (exact) mass is 399 g/mol. The van der Waals surface area contributed by atoms with Crippen molar-refractivity contribution in [1.29, 1.82) is 0 Å². The molecule has 28 heavy (non-hydrogen) atoms. The van der Waals surface area contributed by atoms with Crippen LogP contribution in [0.3, 0.4) is 0 Å². The number of aryl methyl sites for hydroxylation is 1. The topological polar surface area (TPSA) is 55.6 Å². The second kappa shape index (κ2) is 9.22. The van der Waals surface area contributed by atoms with E-state index in [1.54, 1.807) is 10.6 Å². The molecule has 2 aromatic heterocycles. The number of pyridine rings is 1. The summed E-state index contributed by atoms with van der Waals surface area (Å²) >= 11 is 0. The van der Waals surface area contributed by atoms with Crippen molar-refractivity contribution in [3.05, 3.63) is 64.7 Å². The zero-order valence-electron chi connectivity index (χ0n) is 16.1. The summed E-state index contributed by atoms with van der Waals surface area (Å²) < 4.78 is 7.62. The van der Waals surface area contributed by atoms with Gasteiger partial charge in [0.25, 0.3) is 5.56 Å². The minimum Gasteiger partial charge on any atom is -0.489 e. The molecule has 0 spiro atoms. The molecule has 1 aliphatic heterocycles. The van der Waals surface area contributed by atoms with Gasteiger partial charge in [-0.1, -0.05) is 31.5 Å². The summed E-state index contributed by atoms with van der Waals surface area (Å²) in [4.78, 5) is 17.9. The van der Waals surface area contributed by atoms with E-state index in [2.05, 4.69) is 12.2 Å². The van der Waals surface area contributed by atoms with Gasteiger partial charge in [0.2, 0.25) is 0 Å². The molecule has 6 heteroatoms. The number of nitrogens with zero attached hydrogens (tertiary/aromatic N) is 2. The molecular formula is C22H26ClN3O2. The summed E-state index contributed by atoms with van der Waals surface area (Å²) in [5, 5.41) is 3.30. The molecule has 148 valence electrons. The lowest BCUT2D eigenvalue weighted by Crippen LogP contribution is -2.20. The van der Waals surface area contributed by atoms with E-state index in [4.69, 9.17) is 9.72 Å². The summed E-state index contributed by atoms with van der Waals surface area (Å²) in [6.07, 6.45) is 5.92. The van der Waals surface area contributed by atoms with E-state index in [9.17, 15) is 4.79 Å². The predicted molar refractivity (Wildman–Crippen MR) is 115 cm³/mol. The number of benzene rings is 1. The first kappa shape index (κ1) is 20.4. The molecule has 0 bridgehead atoms. The highest BCUT2D eigenvalue weighted by molar-refractivity contribution is 5.85. The van der Waals surface area contributed by atoms with Crippen LogP contribution in [0.25, 0.3) is 16.8 Å². The highest BCUT2D eigenvalue weighted by Crippen LogP contribution is 2.25. The van der Waals surface area contributed by atoms with Crippen LogP contribution in [-0.2, 0) is 6.42 Å². The molecule has 1 N–H and O–H groups in total. The quantitative estimate of drug-likeness (QED) is 0.683. The van der Waals surface area contributed by atoms with E-state index in [1.165, 1.54) is 0 Å². The van der Waals surface area contributed by atoms with Gasteiger partial charge in [0, 0.05) is 12.7 Å². The molecular weight excluding hydrogens is 374 g/mol. The van der Waals surface area contributed by atoms with Crippen LogP contribution < -0.4 is 15.6 Å². The Kier molecular flexibility index (Phi) is 6.70. The molecule has 1 saturated heterocycles. The third-order valence-electron chi connectivity index (χ3n) is 5.04. The zero-order chi connectivity index (χ0) is 18.6. The van der Waals surface area contributed by atoms with Gasteiger partial charge < -0.3 is 10.1 Å². The second-order valence-electron chi connectivity index (χ2n) is 7.03. The largest absolute Gasteiger partial charge is 0.489 e. The Morgan fingerprint density at radius 3 is 2.75 bits per heavy atom. The molecule has 0 unspecified atom stereocenters. The molecule has 3 aromatic rings. The van der Waals surface area contributed by atoms with Gasteiger partial charge >= 0.3 is 0 Å². The Balaban J connectivity index is 0.00000225. The van der Waals surface area contributed by atoms with Crippen LogP contribution in [0.2, 0.25) is 0 Å². The highest BCUT2D eigenvalue weighted by Gasteiger charge is 2.17. The first-order valence-corrected chi connectivity index (χ1v) is 9.74. The summed E-state index contributed by atoms with van der Waals surface area (Å²) in [6, 6.07) is 13.5. The summed E-state index contributed by atoms with van der Waals surface area (Å²) in [6.45, 7) is 4.04. The fourth-order valence-electron chi connectivity index (χ4n) is 3.57. The summed E-state index contributed by atoms with van der Waals surface area (Å²) in [5.41, 5.74) is 3.16. The standard InChI is InChI=1S/C22H25N3O2.ClH/c1-2-3-6-19-21(22(26)25-14-5-4-7-20(25)24-19)16-8-10-17(11-9-16)27-18-12-13-23-15-18;/h4-5,7-11,14,18,23H,2-3,6,12-13,15H2,1H3;1H/t18-;/m1./s1. The summed E-state index contributed by atoms with van der Waals surface area (Å²) in [7, 11) is 0. The Morgan fingerprint density at radius 2 is 2.04 bits per heavy atom. The van der Waals surface area contributed by atoms with Crippen LogP contribution >= 0.6 is 12.4 Å². The minimum absolute atomic E-state index is 0. The van der Waals surface area contributed by atoms with Crippen LogP contribution in [-0.4, -0.2) is 28.6 Å². The van der Waals surface area contributed by atoms with Crippen molar-refractivity contribution in [3.63, 3.8) is 0 Å². The van der Waals surface area contributed by atoms with Gasteiger partial charge in [-0.25, -0.2) is 4.98 Å². The van der Waals surface area contributed by atoms with E-state index in [0.717, 1.165) is 55.8 Å². The van der Waals surface area contributed by atoms with Gasteiger partial charge in [0.15, 0.2) is 0 Å². The number of aromatic nitrogens is 2. The first-order valence-electron chi connectivity index (χ1n) is 9.74. The number of rotatable bonds is 6. The van der Waals surface area contributed by atoms with E-state index in [0.29, 0.717) is 11.2 Å². The number of nitrogens with one attached hydrogen (secondary N) is 1. The average Bonchev–Trinajstić information content (AvgIpc) is 3.20. The van der Waals surface area contributed by atoms with E-state index in [1.807, 2.05) is 42.5 Å². The van der Waals surface area contributed by atoms with Crippen molar-refractivity contribution in [1.82, 2.24) is 14.7 Å². The SMILES string of the molecule is CCCCc1nc2ccccn2c(=O)c1-c1ccc(O[C@@H]2CCNC2)cc1.Cl. The van der Waals surface area contributed by atoms with E-state index < -0.39 is 0 Å². The second-order valence-corrected chi connectivity index (χ2v) is 7.03. The molecule has 0 amide bonds. The summed E-state index contributed by atoms with van der Waals surface area (Å²) in [5.74, 6) is 0.844. The van der Waals surface area contributed by atoms with Gasteiger partial charge in [0.1, 0.15) is 17.5 Å². The molecule has 1 aliphatic rings. The van der Waals surface area contributed by atoms with Crippen LogP contribution in [0.15, 0.2) is 53.5 Å². The fourth-order valence-corrected chi connectivity index (χ4v) is 3.57. The lowest BCUT2D eigenvalue weighted by molar-refractivity contribution is 0.223. The number of hydrogen-bond acceptors (Lipinski definition) is 4. The molecule has 1 fully saturated rings. The zero-order valence-corrected chi connectivity index (χ0v) is 16.9.